The standard InChI is InChI=1S/C14H26N8O.HI/c1-14(2,12(15)23)22-7-5-21(6-8-22)13(16-3)17-9-11-19-18-10-20(11)4;/h10H,5-9H2,1-4H3,(H2,15,23)(H,16,17);1H. The SMILES string of the molecule is CN=C(NCc1nncn1C)N1CCN(C(C)(C)C(N)=O)CC1.I. The molecule has 24 heavy (non-hydrogen) atoms. The summed E-state index contributed by atoms with van der Waals surface area (Å²) in [5.41, 5.74) is 4.87. The van der Waals surface area contributed by atoms with Crippen molar-refractivity contribution in [3.63, 3.8) is 0 Å². The average Bonchev–Trinajstić information content (AvgIpc) is 2.93. The van der Waals surface area contributed by atoms with Crippen LogP contribution in [0.4, 0.5) is 0 Å². The van der Waals surface area contributed by atoms with E-state index in [2.05, 4.69) is 30.3 Å². The van der Waals surface area contributed by atoms with E-state index < -0.39 is 5.54 Å². The van der Waals surface area contributed by atoms with Crippen LogP contribution in [0.25, 0.3) is 0 Å². The molecule has 1 fully saturated rings. The second kappa shape index (κ2) is 8.60. The molecule has 136 valence electrons. The van der Waals surface area contributed by atoms with E-state index in [0.717, 1.165) is 38.0 Å². The number of aliphatic imine (C=N–C) groups is 1. The van der Waals surface area contributed by atoms with Crippen molar-refractivity contribution < 1.29 is 4.79 Å². The number of halogens is 1. The monoisotopic (exact) mass is 450 g/mol. The van der Waals surface area contributed by atoms with Crippen LogP contribution in [-0.4, -0.2) is 75.2 Å². The molecule has 0 aliphatic carbocycles. The summed E-state index contributed by atoms with van der Waals surface area (Å²) in [6, 6.07) is 0. The summed E-state index contributed by atoms with van der Waals surface area (Å²) in [7, 11) is 3.67. The van der Waals surface area contributed by atoms with Crippen LogP contribution in [0.5, 0.6) is 0 Å². The molecule has 2 rings (SSSR count). The summed E-state index contributed by atoms with van der Waals surface area (Å²) in [5.74, 6) is 1.37. The van der Waals surface area contributed by atoms with E-state index in [1.807, 2.05) is 25.5 Å². The predicted molar refractivity (Wildman–Crippen MR) is 103 cm³/mol. The Balaban J connectivity index is 0.00000288. The minimum absolute atomic E-state index is 0. The van der Waals surface area contributed by atoms with E-state index in [-0.39, 0.29) is 29.9 Å². The fourth-order valence-electron chi connectivity index (χ4n) is 2.59. The molecule has 2 heterocycles. The zero-order valence-electron chi connectivity index (χ0n) is 14.7. The van der Waals surface area contributed by atoms with Crippen molar-refractivity contribution in [2.24, 2.45) is 17.8 Å². The van der Waals surface area contributed by atoms with Crippen LogP contribution in [0.2, 0.25) is 0 Å². The molecular weight excluding hydrogens is 423 g/mol. The van der Waals surface area contributed by atoms with Crippen LogP contribution in [0.15, 0.2) is 11.3 Å². The van der Waals surface area contributed by atoms with E-state index in [9.17, 15) is 4.79 Å². The van der Waals surface area contributed by atoms with Gasteiger partial charge in [0.25, 0.3) is 0 Å². The smallest absolute Gasteiger partial charge is 0.237 e. The normalized spacial score (nSPS) is 16.7. The Morgan fingerprint density at radius 2 is 2.00 bits per heavy atom. The van der Waals surface area contributed by atoms with Crippen molar-refractivity contribution in [2.75, 3.05) is 33.2 Å². The maximum absolute atomic E-state index is 11.6. The Labute approximate surface area is 159 Å². The lowest BCUT2D eigenvalue weighted by atomic mass is 10.0. The molecule has 1 amide bonds. The van der Waals surface area contributed by atoms with Gasteiger partial charge in [-0.05, 0) is 13.8 Å². The fraction of sp³-hybridized carbons (Fsp3) is 0.714. The summed E-state index contributed by atoms with van der Waals surface area (Å²) in [6.07, 6.45) is 1.67. The highest BCUT2D eigenvalue weighted by molar-refractivity contribution is 14.0. The highest BCUT2D eigenvalue weighted by atomic mass is 127. The van der Waals surface area contributed by atoms with Gasteiger partial charge in [0, 0.05) is 40.3 Å². The topological polar surface area (TPSA) is 105 Å². The lowest BCUT2D eigenvalue weighted by molar-refractivity contribution is -0.129. The molecule has 0 atom stereocenters. The number of primary amides is 1. The van der Waals surface area contributed by atoms with Crippen LogP contribution < -0.4 is 11.1 Å². The Morgan fingerprint density at radius 1 is 1.38 bits per heavy atom. The summed E-state index contributed by atoms with van der Waals surface area (Å²) < 4.78 is 1.87. The highest BCUT2D eigenvalue weighted by Crippen LogP contribution is 2.16. The van der Waals surface area contributed by atoms with Gasteiger partial charge >= 0.3 is 0 Å². The van der Waals surface area contributed by atoms with Crippen LogP contribution in [0.1, 0.15) is 19.7 Å². The lowest BCUT2D eigenvalue weighted by Crippen LogP contribution is -2.61. The largest absolute Gasteiger partial charge is 0.368 e. The molecule has 1 aliphatic rings. The third-order valence-electron chi connectivity index (χ3n) is 4.39. The second-order valence-corrected chi connectivity index (χ2v) is 6.16. The number of hydrogen-bond acceptors (Lipinski definition) is 5. The molecule has 1 saturated heterocycles. The molecule has 0 saturated carbocycles. The molecule has 0 spiro atoms. The van der Waals surface area contributed by atoms with Gasteiger partial charge < -0.3 is 20.5 Å². The number of aromatic nitrogens is 3. The molecule has 9 nitrogen and oxygen atoms in total. The molecule has 1 aromatic heterocycles. The molecule has 0 unspecified atom stereocenters. The predicted octanol–water partition coefficient (Wildman–Crippen LogP) is -0.610. The first-order chi connectivity index (χ1) is 10.9. The Kier molecular flexibility index (Phi) is 7.39. The second-order valence-electron chi connectivity index (χ2n) is 6.16. The summed E-state index contributed by atoms with van der Waals surface area (Å²) in [4.78, 5) is 20.2. The van der Waals surface area contributed by atoms with Crippen molar-refractivity contribution in [3.05, 3.63) is 12.2 Å². The van der Waals surface area contributed by atoms with Crippen molar-refractivity contribution in [1.29, 1.82) is 0 Å². The van der Waals surface area contributed by atoms with E-state index in [0.29, 0.717) is 6.54 Å². The number of aryl methyl sites for hydroxylation is 1. The number of nitrogens with two attached hydrogens (primary N) is 1. The number of hydrogen-bond donors (Lipinski definition) is 2. The Hall–Kier alpha value is -1.43. The number of nitrogens with zero attached hydrogens (tertiary/aromatic N) is 6. The maximum Gasteiger partial charge on any atom is 0.237 e. The minimum atomic E-state index is -0.623. The summed E-state index contributed by atoms with van der Waals surface area (Å²) >= 11 is 0. The minimum Gasteiger partial charge on any atom is -0.368 e. The number of amides is 1. The Bertz CT molecular complexity index is 577. The van der Waals surface area contributed by atoms with Gasteiger partial charge in [-0.2, -0.15) is 0 Å². The van der Waals surface area contributed by atoms with Crippen LogP contribution in [0, 0.1) is 0 Å². The van der Waals surface area contributed by atoms with Gasteiger partial charge in [-0.3, -0.25) is 14.7 Å². The molecule has 10 heteroatoms. The first-order valence-electron chi connectivity index (χ1n) is 7.69. The summed E-state index contributed by atoms with van der Waals surface area (Å²) in [5, 5.41) is 11.2. The quantitative estimate of drug-likeness (QED) is 0.361. The van der Waals surface area contributed by atoms with Gasteiger partial charge in [0.15, 0.2) is 11.8 Å². The van der Waals surface area contributed by atoms with Crippen LogP contribution >= 0.6 is 24.0 Å². The number of nitrogens with one attached hydrogen (secondary N) is 1. The molecule has 0 radical (unpaired) electrons. The van der Waals surface area contributed by atoms with Gasteiger partial charge in [0.05, 0.1) is 12.1 Å². The van der Waals surface area contributed by atoms with Crippen molar-refractivity contribution >= 4 is 35.8 Å². The Morgan fingerprint density at radius 3 is 2.46 bits per heavy atom. The maximum atomic E-state index is 11.6. The van der Waals surface area contributed by atoms with Crippen molar-refractivity contribution in [3.8, 4) is 0 Å². The van der Waals surface area contributed by atoms with Gasteiger partial charge in [0.2, 0.25) is 5.91 Å². The molecule has 3 N–H and O–H groups in total. The number of rotatable bonds is 4. The molecule has 0 bridgehead atoms. The van der Waals surface area contributed by atoms with Gasteiger partial charge in [-0.25, -0.2) is 0 Å². The molecule has 1 aliphatic heterocycles. The highest BCUT2D eigenvalue weighted by Gasteiger charge is 2.35. The number of carbonyl (C=O) groups excluding carboxylic acids is 1. The third kappa shape index (κ3) is 4.56. The molecule has 1 aromatic rings. The number of piperazine rings is 1. The average molecular weight is 450 g/mol. The lowest BCUT2D eigenvalue weighted by Gasteiger charge is -2.43. The first-order valence-corrected chi connectivity index (χ1v) is 7.69. The van der Waals surface area contributed by atoms with E-state index in [4.69, 9.17) is 5.73 Å². The van der Waals surface area contributed by atoms with E-state index in [1.54, 1.807) is 13.4 Å². The third-order valence-corrected chi connectivity index (χ3v) is 4.39. The van der Waals surface area contributed by atoms with Crippen LogP contribution in [-0.2, 0) is 18.4 Å². The zero-order chi connectivity index (χ0) is 17.0. The van der Waals surface area contributed by atoms with Gasteiger partial charge in [-0.15, -0.1) is 34.2 Å². The van der Waals surface area contributed by atoms with Crippen LogP contribution in [0.3, 0.4) is 0 Å². The van der Waals surface area contributed by atoms with Crippen molar-refractivity contribution in [2.45, 2.75) is 25.9 Å². The first kappa shape index (κ1) is 20.6. The molecular formula is C14H27IN8O. The number of carbonyl (C=O) groups is 1. The van der Waals surface area contributed by atoms with Crippen molar-refractivity contribution in [1.82, 2.24) is 29.9 Å². The van der Waals surface area contributed by atoms with Gasteiger partial charge in [0.1, 0.15) is 6.33 Å². The molecule has 0 aromatic carbocycles. The van der Waals surface area contributed by atoms with E-state index in [1.165, 1.54) is 0 Å². The summed E-state index contributed by atoms with van der Waals surface area (Å²) in [6.45, 7) is 7.40. The van der Waals surface area contributed by atoms with Gasteiger partial charge in [-0.1, -0.05) is 0 Å². The zero-order valence-corrected chi connectivity index (χ0v) is 17.0. The number of guanidine groups is 1. The van der Waals surface area contributed by atoms with E-state index >= 15 is 0 Å². The fourth-order valence-corrected chi connectivity index (χ4v) is 2.59.